The number of hydrogen-bond donors (Lipinski definition) is 1. The van der Waals surface area contributed by atoms with Crippen LogP contribution in [0.3, 0.4) is 0 Å². The van der Waals surface area contributed by atoms with Crippen LogP contribution in [0.15, 0.2) is 36.5 Å². The highest BCUT2D eigenvalue weighted by Crippen LogP contribution is 2.29. The van der Waals surface area contributed by atoms with Crippen molar-refractivity contribution in [1.82, 2.24) is 9.88 Å². The van der Waals surface area contributed by atoms with Gasteiger partial charge in [0.15, 0.2) is 0 Å². The maximum atomic E-state index is 9.01. The molecular formula is C17H22N2OS. The summed E-state index contributed by atoms with van der Waals surface area (Å²) in [4.78, 5) is 8.46. The molecule has 1 saturated heterocycles. The molecular weight excluding hydrogens is 280 g/mol. The molecule has 1 aromatic carbocycles. The number of aliphatic hydroxyl groups excluding tert-OH is 1. The Morgan fingerprint density at radius 2 is 2.14 bits per heavy atom. The lowest BCUT2D eigenvalue weighted by atomic mass is 10.1. The van der Waals surface area contributed by atoms with Crippen molar-refractivity contribution < 1.29 is 5.11 Å². The van der Waals surface area contributed by atoms with Crippen LogP contribution in [0.1, 0.15) is 30.6 Å². The van der Waals surface area contributed by atoms with E-state index in [9.17, 15) is 0 Å². The third-order valence-electron chi connectivity index (χ3n) is 4.13. The minimum Gasteiger partial charge on any atom is -0.396 e. The van der Waals surface area contributed by atoms with Crippen molar-refractivity contribution in [2.45, 2.75) is 38.3 Å². The zero-order chi connectivity index (χ0) is 14.5. The molecule has 0 spiro atoms. The van der Waals surface area contributed by atoms with Gasteiger partial charge in [0.05, 0.1) is 0 Å². The van der Waals surface area contributed by atoms with Gasteiger partial charge in [-0.25, -0.2) is 4.98 Å². The number of hydrogen-bond acceptors (Lipinski definition) is 4. The first-order valence-corrected chi connectivity index (χ1v) is 8.53. The van der Waals surface area contributed by atoms with Crippen LogP contribution in [0.25, 0.3) is 10.6 Å². The molecule has 0 aliphatic carbocycles. The molecule has 3 nitrogen and oxygen atoms in total. The summed E-state index contributed by atoms with van der Waals surface area (Å²) in [5.74, 6) is 0. The lowest BCUT2D eigenvalue weighted by Gasteiger charge is -2.23. The Labute approximate surface area is 130 Å². The summed E-state index contributed by atoms with van der Waals surface area (Å²) in [5, 5.41) is 10.1. The van der Waals surface area contributed by atoms with Crippen molar-refractivity contribution in [2.24, 2.45) is 0 Å². The molecule has 0 bridgehead atoms. The molecule has 1 aliphatic heterocycles. The topological polar surface area (TPSA) is 36.4 Å². The Morgan fingerprint density at radius 1 is 1.29 bits per heavy atom. The van der Waals surface area contributed by atoms with E-state index in [2.05, 4.69) is 34.1 Å². The first-order chi connectivity index (χ1) is 10.4. The van der Waals surface area contributed by atoms with Gasteiger partial charge in [0.2, 0.25) is 0 Å². The van der Waals surface area contributed by atoms with Crippen molar-refractivity contribution >= 4 is 11.3 Å². The molecule has 2 heterocycles. The number of rotatable bonds is 6. The largest absolute Gasteiger partial charge is 0.396 e. The Hall–Kier alpha value is -1.23. The Morgan fingerprint density at radius 3 is 2.95 bits per heavy atom. The number of likely N-dealkylation sites (tertiary alicyclic amines) is 1. The van der Waals surface area contributed by atoms with Gasteiger partial charge in [-0.15, -0.1) is 11.3 Å². The summed E-state index contributed by atoms with van der Waals surface area (Å²) in [6.07, 6.45) is 6.60. The van der Waals surface area contributed by atoms with Gasteiger partial charge < -0.3 is 5.11 Å². The van der Waals surface area contributed by atoms with E-state index in [-0.39, 0.29) is 0 Å². The summed E-state index contributed by atoms with van der Waals surface area (Å²) >= 11 is 1.80. The minimum absolute atomic E-state index is 0.309. The average Bonchev–Trinajstić information content (AvgIpc) is 3.16. The zero-order valence-corrected chi connectivity index (χ0v) is 13.1. The van der Waals surface area contributed by atoms with E-state index in [4.69, 9.17) is 5.11 Å². The van der Waals surface area contributed by atoms with Gasteiger partial charge in [0.25, 0.3) is 0 Å². The second kappa shape index (κ2) is 7.16. The number of benzene rings is 1. The standard InChI is InChI=1S/C17H22N2OS/c20-11-5-9-15-8-4-10-19(15)13-16-12-18-17(21-16)14-6-2-1-3-7-14/h1-3,6-7,12,15,20H,4-5,8-11,13H2. The summed E-state index contributed by atoms with van der Waals surface area (Å²) < 4.78 is 0. The van der Waals surface area contributed by atoms with Crippen molar-refractivity contribution in [1.29, 1.82) is 0 Å². The van der Waals surface area contributed by atoms with Gasteiger partial charge in [0.1, 0.15) is 5.01 Å². The molecule has 1 N–H and O–H groups in total. The first-order valence-electron chi connectivity index (χ1n) is 7.72. The molecule has 1 fully saturated rings. The Balaban J connectivity index is 1.64. The van der Waals surface area contributed by atoms with Gasteiger partial charge in [-0.3, -0.25) is 4.90 Å². The summed E-state index contributed by atoms with van der Waals surface area (Å²) in [7, 11) is 0. The van der Waals surface area contributed by atoms with Crippen LogP contribution in [0.4, 0.5) is 0 Å². The molecule has 2 aromatic rings. The van der Waals surface area contributed by atoms with Crippen LogP contribution < -0.4 is 0 Å². The smallest absolute Gasteiger partial charge is 0.123 e. The molecule has 1 atom stereocenters. The Kier molecular flexibility index (Phi) is 5.01. The lowest BCUT2D eigenvalue weighted by molar-refractivity contribution is 0.211. The van der Waals surface area contributed by atoms with Crippen molar-refractivity contribution in [2.75, 3.05) is 13.2 Å². The maximum absolute atomic E-state index is 9.01. The quantitative estimate of drug-likeness (QED) is 0.886. The zero-order valence-electron chi connectivity index (χ0n) is 12.2. The van der Waals surface area contributed by atoms with Crippen molar-refractivity contribution in [3.8, 4) is 10.6 Å². The fourth-order valence-electron chi connectivity index (χ4n) is 3.05. The van der Waals surface area contributed by atoms with E-state index >= 15 is 0 Å². The molecule has 0 saturated carbocycles. The maximum Gasteiger partial charge on any atom is 0.123 e. The number of thiazole rings is 1. The number of aromatic nitrogens is 1. The highest BCUT2D eigenvalue weighted by molar-refractivity contribution is 7.15. The van der Waals surface area contributed by atoms with Crippen LogP contribution >= 0.6 is 11.3 Å². The molecule has 0 amide bonds. The first kappa shape index (κ1) is 14.7. The molecule has 112 valence electrons. The monoisotopic (exact) mass is 302 g/mol. The highest BCUT2D eigenvalue weighted by Gasteiger charge is 2.24. The Bertz CT molecular complexity index is 555. The fraction of sp³-hybridized carbons (Fsp3) is 0.471. The third kappa shape index (κ3) is 3.70. The number of nitrogens with zero attached hydrogens (tertiary/aromatic N) is 2. The van der Waals surface area contributed by atoms with Crippen LogP contribution in [-0.4, -0.2) is 34.2 Å². The van der Waals surface area contributed by atoms with Gasteiger partial charge in [-0.2, -0.15) is 0 Å². The third-order valence-corrected chi connectivity index (χ3v) is 5.16. The molecule has 4 heteroatoms. The summed E-state index contributed by atoms with van der Waals surface area (Å²) in [6, 6.07) is 11.0. The molecule has 0 radical (unpaired) electrons. The fourth-order valence-corrected chi connectivity index (χ4v) is 4.00. The van der Waals surface area contributed by atoms with Gasteiger partial charge in [0, 0.05) is 35.8 Å². The van der Waals surface area contributed by atoms with Crippen molar-refractivity contribution in [3.05, 3.63) is 41.4 Å². The van der Waals surface area contributed by atoms with E-state index in [0.717, 1.165) is 24.4 Å². The summed E-state index contributed by atoms with van der Waals surface area (Å²) in [5.41, 5.74) is 1.20. The predicted molar refractivity (Wildman–Crippen MR) is 87.3 cm³/mol. The lowest BCUT2D eigenvalue weighted by Crippen LogP contribution is -2.28. The van der Waals surface area contributed by atoms with Gasteiger partial charge >= 0.3 is 0 Å². The molecule has 3 rings (SSSR count). The molecule has 21 heavy (non-hydrogen) atoms. The van der Waals surface area contributed by atoms with E-state index in [1.165, 1.54) is 29.8 Å². The van der Waals surface area contributed by atoms with E-state index in [1.54, 1.807) is 11.3 Å². The highest BCUT2D eigenvalue weighted by atomic mass is 32.1. The minimum atomic E-state index is 0.309. The molecule has 1 unspecified atom stereocenters. The average molecular weight is 302 g/mol. The van der Waals surface area contributed by atoms with Gasteiger partial charge in [-0.05, 0) is 32.2 Å². The number of aliphatic hydroxyl groups is 1. The predicted octanol–water partition coefficient (Wildman–Crippen LogP) is 3.55. The van der Waals surface area contributed by atoms with E-state index in [1.807, 2.05) is 12.3 Å². The van der Waals surface area contributed by atoms with Crippen molar-refractivity contribution in [3.63, 3.8) is 0 Å². The second-order valence-corrected chi connectivity index (χ2v) is 6.75. The molecule has 1 aromatic heterocycles. The van der Waals surface area contributed by atoms with Crippen LogP contribution in [0.2, 0.25) is 0 Å². The van der Waals surface area contributed by atoms with Gasteiger partial charge in [-0.1, -0.05) is 30.3 Å². The molecule has 1 aliphatic rings. The van der Waals surface area contributed by atoms with E-state index in [0.29, 0.717) is 12.6 Å². The van der Waals surface area contributed by atoms with Crippen LogP contribution in [-0.2, 0) is 6.54 Å². The van der Waals surface area contributed by atoms with Crippen LogP contribution in [0.5, 0.6) is 0 Å². The van der Waals surface area contributed by atoms with E-state index < -0.39 is 0 Å². The second-order valence-electron chi connectivity index (χ2n) is 5.63. The summed E-state index contributed by atoms with van der Waals surface area (Å²) in [6.45, 7) is 2.48. The van der Waals surface area contributed by atoms with Crippen LogP contribution in [0, 0.1) is 0 Å². The SMILES string of the molecule is OCCCC1CCCN1Cc1cnc(-c2ccccc2)s1. The normalized spacial score (nSPS) is 19.2.